The van der Waals surface area contributed by atoms with Crippen LogP contribution < -0.4 is 10.6 Å². The number of aliphatic hydroxyl groups is 1. The topological polar surface area (TPSA) is 90.2 Å². The fourth-order valence-corrected chi connectivity index (χ4v) is 2.73. The summed E-state index contributed by atoms with van der Waals surface area (Å²) >= 11 is 0. The van der Waals surface area contributed by atoms with E-state index in [9.17, 15) is 5.11 Å². The Labute approximate surface area is 155 Å². The summed E-state index contributed by atoms with van der Waals surface area (Å²) in [5, 5.41) is 23.4. The first kappa shape index (κ1) is 19.7. The van der Waals surface area contributed by atoms with Gasteiger partial charge in [0, 0.05) is 17.8 Å². The van der Waals surface area contributed by atoms with Gasteiger partial charge in [-0.1, -0.05) is 0 Å². The molecule has 0 bridgehead atoms. The van der Waals surface area contributed by atoms with Gasteiger partial charge in [0.05, 0.1) is 12.2 Å². The van der Waals surface area contributed by atoms with Crippen molar-refractivity contribution in [3.8, 4) is 0 Å². The molecule has 0 amide bonds. The van der Waals surface area contributed by atoms with Gasteiger partial charge in [0.25, 0.3) is 0 Å². The zero-order valence-corrected chi connectivity index (χ0v) is 16.1. The summed E-state index contributed by atoms with van der Waals surface area (Å²) < 4.78 is 0. The van der Waals surface area contributed by atoms with Crippen LogP contribution in [0.2, 0.25) is 0 Å². The average Bonchev–Trinajstić information content (AvgIpc) is 2.90. The fourth-order valence-electron chi connectivity index (χ4n) is 2.73. The normalized spacial score (nSPS) is 12.5. The summed E-state index contributed by atoms with van der Waals surface area (Å²) in [5.41, 5.74) is 1.70. The largest absolute Gasteiger partial charge is 0.390 e. The number of aromatic nitrogens is 3. The number of H-pyrrole nitrogens is 1. The molecular formula is C19H28N6O. The highest BCUT2D eigenvalue weighted by molar-refractivity contribution is 5.73. The van der Waals surface area contributed by atoms with Crippen LogP contribution in [0.15, 0.2) is 12.1 Å². The molecule has 26 heavy (non-hydrogen) atoms. The van der Waals surface area contributed by atoms with Gasteiger partial charge in [-0.15, -0.1) is 0 Å². The minimum absolute atomic E-state index is 0.146. The van der Waals surface area contributed by atoms with Crippen LogP contribution in [0.1, 0.15) is 51.3 Å². The van der Waals surface area contributed by atoms with E-state index in [-0.39, 0.29) is 6.04 Å². The highest BCUT2D eigenvalue weighted by Gasteiger charge is 2.15. The van der Waals surface area contributed by atoms with Crippen molar-refractivity contribution in [2.24, 2.45) is 0 Å². The number of aromatic amines is 1. The zero-order chi connectivity index (χ0) is 19.3. The molecule has 2 heterocycles. The van der Waals surface area contributed by atoms with Gasteiger partial charge in [-0.2, -0.15) is 5.10 Å². The minimum Gasteiger partial charge on any atom is -0.390 e. The lowest BCUT2D eigenvalue weighted by molar-refractivity contribution is 0.0680. The molecule has 0 aliphatic heterocycles. The van der Waals surface area contributed by atoms with Crippen molar-refractivity contribution in [3.05, 3.63) is 34.8 Å². The maximum Gasteiger partial charge on any atom is 0.231 e. The van der Waals surface area contributed by atoms with E-state index in [1.807, 2.05) is 39.8 Å². The van der Waals surface area contributed by atoms with E-state index >= 15 is 0 Å². The standard InChI is InChI=1S/C19H28N6O/c1-12-10-15(22-16-11-14(3)24-25-16)23-18(17(12)20-6)21-13(2)8-7-9-19(4,5)26/h10-11,13,26H,7-9H2,1-5H3,(H3,21,22,23,24,25)/t13-/m0/s1. The highest BCUT2D eigenvalue weighted by atomic mass is 16.3. The van der Waals surface area contributed by atoms with Crippen LogP contribution in [0, 0.1) is 20.4 Å². The number of hydrogen-bond donors (Lipinski definition) is 4. The maximum atomic E-state index is 9.83. The van der Waals surface area contributed by atoms with Gasteiger partial charge in [-0.25, -0.2) is 9.83 Å². The van der Waals surface area contributed by atoms with Crippen molar-refractivity contribution in [2.45, 2.75) is 65.5 Å². The molecule has 0 unspecified atom stereocenters. The lowest BCUT2D eigenvalue weighted by Crippen LogP contribution is -2.21. The second-order valence-corrected chi connectivity index (χ2v) is 7.44. The first-order valence-corrected chi connectivity index (χ1v) is 8.85. The lowest BCUT2D eigenvalue weighted by atomic mass is 10.00. The molecule has 0 spiro atoms. The molecule has 0 aliphatic rings. The van der Waals surface area contributed by atoms with Crippen LogP contribution >= 0.6 is 0 Å². The monoisotopic (exact) mass is 356 g/mol. The number of anilines is 3. The molecule has 7 heteroatoms. The van der Waals surface area contributed by atoms with Gasteiger partial charge in [0.15, 0.2) is 5.82 Å². The van der Waals surface area contributed by atoms with E-state index in [1.165, 1.54) is 0 Å². The smallest absolute Gasteiger partial charge is 0.231 e. The molecule has 140 valence electrons. The van der Waals surface area contributed by atoms with Gasteiger partial charge in [0.1, 0.15) is 11.6 Å². The SMILES string of the molecule is [C-]#[N+]c1c(C)cc(Nc2cc(C)[nH]n2)nc1N[C@@H](C)CCCC(C)(C)O. The van der Waals surface area contributed by atoms with Crippen LogP contribution in [0.25, 0.3) is 4.85 Å². The van der Waals surface area contributed by atoms with Crippen LogP contribution in [0.4, 0.5) is 23.1 Å². The Hall–Kier alpha value is -2.59. The molecule has 0 aromatic carbocycles. The van der Waals surface area contributed by atoms with Gasteiger partial charge >= 0.3 is 0 Å². The van der Waals surface area contributed by atoms with Crippen LogP contribution in [-0.4, -0.2) is 31.9 Å². The van der Waals surface area contributed by atoms with Gasteiger partial charge in [0.2, 0.25) is 5.69 Å². The van der Waals surface area contributed by atoms with E-state index in [2.05, 4.69) is 37.6 Å². The Morgan fingerprint density at radius 3 is 2.62 bits per heavy atom. The molecular weight excluding hydrogens is 328 g/mol. The summed E-state index contributed by atoms with van der Waals surface area (Å²) in [6, 6.07) is 3.89. The third kappa shape index (κ3) is 5.74. The van der Waals surface area contributed by atoms with Gasteiger partial charge in [-0.05, 0) is 65.5 Å². The second-order valence-electron chi connectivity index (χ2n) is 7.44. The Morgan fingerprint density at radius 2 is 2.04 bits per heavy atom. The van der Waals surface area contributed by atoms with Crippen molar-refractivity contribution in [3.63, 3.8) is 0 Å². The first-order valence-electron chi connectivity index (χ1n) is 8.85. The average molecular weight is 356 g/mol. The first-order chi connectivity index (χ1) is 12.2. The number of aryl methyl sites for hydroxylation is 2. The Kier molecular flexibility index (Phi) is 6.22. The van der Waals surface area contributed by atoms with Crippen molar-refractivity contribution >= 4 is 23.1 Å². The fraction of sp³-hybridized carbons (Fsp3) is 0.526. The zero-order valence-electron chi connectivity index (χ0n) is 16.1. The van der Waals surface area contributed by atoms with Crippen molar-refractivity contribution in [1.82, 2.24) is 15.2 Å². The van der Waals surface area contributed by atoms with E-state index in [1.54, 1.807) is 0 Å². The molecule has 0 aliphatic carbocycles. The molecule has 2 aromatic rings. The molecule has 0 radical (unpaired) electrons. The summed E-state index contributed by atoms with van der Waals surface area (Å²) in [7, 11) is 0. The van der Waals surface area contributed by atoms with Crippen molar-refractivity contribution in [2.75, 3.05) is 10.6 Å². The molecule has 0 saturated heterocycles. The molecule has 2 rings (SSSR count). The highest BCUT2D eigenvalue weighted by Crippen LogP contribution is 2.31. The van der Waals surface area contributed by atoms with E-state index in [0.717, 1.165) is 30.5 Å². The minimum atomic E-state index is -0.651. The second kappa shape index (κ2) is 8.19. The predicted molar refractivity (Wildman–Crippen MR) is 105 cm³/mol. The summed E-state index contributed by atoms with van der Waals surface area (Å²) in [6.45, 7) is 17.0. The Bertz CT molecular complexity index is 784. The quantitative estimate of drug-likeness (QED) is 0.524. The van der Waals surface area contributed by atoms with Gasteiger partial charge < -0.3 is 15.7 Å². The summed E-state index contributed by atoms with van der Waals surface area (Å²) in [6.07, 6.45) is 2.52. The van der Waals surface area contributed by atoms with E-state index < -0.39 is 5.60 Å². The Balaban J connectivity index is 2.11. The molecule has 1 atom stereocenters. The molecule has 0 fully saturated rings. The third-order valence-electron chi connectivity index (χ3n) is 4.07. The van der Waals surface area contributed by atoms with E-state index in [0.29, 0.717) is 23.1 Å². The van der Waals surface area contributed by atoms with Crippen molar-refractivity contribution < 1.29 is 5.11 Å². The Morgan fingerprint density at radius 1 is 1.31 bits per heavy atom. The predicted octanol–water partition coefficient (Wildman–Crippen LogP) is 4.46. The number of nitrogens with zero attached hydrogens (tertiary/aromatic N) is 3. The molecule has 2 aromatic heterocycles. The van der Waals surface area contributed by atoms with Gasteiger partial charge in [-0.3, -0.25) is 5.10 Å². The number of rotatable bonds is 8. The molecule has 7 nitrogen and oxygen atoms in total. The van der Waals surface area contributed by atoms with E-state index in [4.69, 9.17) is 6.57 Å². The number of hydrogen-bond acceptors (Lipinski definition) is 5. The van der Waals surface area contributed by atoms with Crippen LogP contribution in [0.3, 0.4) is 0 Å². The third-order valence-corrected chi connectivity index (χ3v) is 4.07. The molecule has 0 saturated carbocycles. The van der Waals surface area contributed by atoms with Crippen LogP contribution in [-0.2, 0) is 0 Å². The van der Waals surface area contributed by atoms with Crippen molar-refractivity contribution in [1.29, 1.82) is 0 Å². The number of pyridine rings is 1. The summed E-state index contributed by atoms with van der Waals surface area (Å²) in [4.78, 5) is 8.20. The number of nitrogens with one attached hydrogen (secondary N) is 3. The molecule has 4 N–H and O–H groups in total. The lowest BCUT2D eigenvalue weighted by Gasteiger charge is -2.20. The van der Waals surface area contributed by atoms with Crippen LogP contribution in [0.5, 0.6) is 0 Å². The summed E-state index contributed by atoms with van der Waals surface area (Å²) in [5.74, 6) is 1.91. The maximum absolute atomic E-state index is 9.83.